The van der Waals surface area contributed by atoms with Crippen molar-refractivity contribution < 1.29 is 9.53 Å². The SMILES string of the molecule is CCCC1Oc2ccccc2C1=O. The molecule has 2 rings (SSSR count). The first kappa shape index (κ1) is 8.30. The highest BCUT2D eigenvalue weighted by molar-refractivity contribution is 6.04. The fraction of sp³-hybridized carbons (Fsp3) is 0.364. The summed E-state index contributed by atoms with van der Waals surface area (Å²) >= 11 is 0. The van der Waals surface area contributed by atoms with Crippen LogP contribution in [0.2, 0.25) is 0 Å². The van der Waals surface area contributed by atoms with E-state index in [9.17, 15) is 4.79 Å². The number of hydrogen-bond donors (Lipinski definition) is 0. The fourth-order valence-corrected chi connectivity index (χ4v) is 1.61. The Labute approximate surface area is 77.5 Å². The second-order valence-electron chi connectivity index (χ2n) is 3.26. The topological polar surface area (TPSA) is 26.3 Å². The monoisotopic (exact) mass is 176 g/mol. The number of hydrogen-bond acceptors (Lipinski definition) is 2. The number of ether oxygens (including phenoxy) is 1. The van der Waals surface area contributed by atoms with Crippen LogP contribution in [0.4, 0.5) is 0 Å². The first-order valence-electron chi connectivity index (χ1n) is 4.63. The van der Waals surface area contributed by atoms with Crippen LogP contribution >= 0.6 is 0 Å². The van der Waals surface area contributed by atoms with Crippen LogP contribution in [0.5, 0.6) is 5.75 Å². The Morgan fingerprint density at radius 3 is 2.85 bits per heavy atom. The summed E-state index contributed by atoms with van der Waals surface area (Å²) in [6, 6.07) is 7.44. The van der Waals surface area contributed by atoms with Crippen LogP contribution in [0, 0.1) is 0 Å². The van der Waals surface area contributed by atoms with Crippen molar-refractivity contribution in [1.82, 2.24) is 0 Å². The van der Waals surface area contributed by atoms with E-state index in [1.165, 1.54) is 0 Å². The first-order valence-corrected chi connectivity index (χ1v) is 4.63. The number of rotatable bonds is 2. The van der Waals surface area contributed by atoms with Gasteiger partial charge >= 0.3 is 0 Å². The zero-order chi connectivity index (χ0) is 9.26. The molecule has 1 aromatic rings. The highest BCUT2D eigenvalue weighted by Gasteiger charge is 2.30. The molecule has 0 N–H and O–H groups in total. The predicted molar refractivity (Wildman–Crippen MR) is 50.1 cm³/mol. The van der Waals surface area contributed by atoms with Gasteiger partial charge in [0.2, 0.25) is 5.78 Å². The molecule has 1 aliphatic rings. The second kappa shape index (κ2) is 3.21. The third kappa shape index (κ3) is 1.32. The molecule has 0 radical (unpaired) electrons. The molecule has 1 atom stereocenters. The Balaban J connectivity index is 2.28. The number of carbonyl (C=O) groups is 1. The van der Waals surface area contributed by atoms with Crippen LogP contribution in [0.15, 0.2) is 24.3 Å². The molecule has 1 heterocycles. The number of Topliss-reactive ketones (excluding diaryl/α,β-unsaturated/α-hetero) is 1. The summed E-state index contributed by atoms with van der Waals surface area (Å²) in [5, 5.41) is 0. The van der Waals surface area contributed by atoms with Crippen LogP contribution in [0.1, 0.15) is 30.1 Å². The summed E-state index contributed by atoms with van der Waals surface area (Å²) in [6.07, 6.45) is 1.56. The predicted octanol–water partition coefficient (Wildman–Crippen LogP) is 2.43. The molecule has 0 fully saturated rings. The molecule has 13 heavy (non-hydrogen) atoms. The molecule has 0 saturated heterocycles. The van der Waals surface area contributed by atoms with Gasteiger partial charge < -0.3 is 4.74 Å². The van der Waals surface area contributed by atoms with Crippen LogP contribution in [0.3, 0.4) is 0 Å². The van der Waals surface area contributed by atoms with Crippen molar-refractivity contribution in [1.29, 1.82) is 0 Å². The Kier molecular flexibility index (Phi) is 2.05. The van der Waals surface area contributed by atoms with Crippen molar-refractivity contribution in [3.63, 3.8) is 0 Å². The minimum Gasteiger partial charge on any atom is -0.482 e. The Morgan fingerprint density at radius 1 is 1.38 bits per heavy atom. The summed E-state index contributed by atoms with van der Waals surface area (Å²) in [7, 11) is 0. The third-order valence-electron chi connectivity index (χ3n) is 2.27. The third-order valence-corrected chi connectivity index (χ3v) is 2.27. The van der Waals surface area contributed by atoms with Crippen LogP contribution in [-0.4, -0.2) is 11.9 Å². The van der Waals surface area contributed by atoms with Crippen molar-refractivity contribution in [3.05, 3.63) is 29.8 Å². The van der Waals surface area contributed by atoms with E-state index in [2.05, 4.69) is 6.92 Å². The van der Waals surface area contributed by atoms with Crippen LogP contribution < -0.4 is 4.74 Å². The van der Waals surface area contributed by atoms with Crippen LogP contribution in [0.25, 0.3) is 0 Å². The zero-order valence-corrected chi connectivity index (χ0v) is 7.62. The molecule has 68 valence electrons. The van der Waals surface area contributed by atoms with E-state index in [-0.39, 0.29) is 11.9 Å². The van der Waals surface area contributed by atoms with Crippen molar-refractivity contribution in [2.45, 2.75) is 25.9 Å². The van der Waals surface area contributed by atoms with Gasteiger partial charge in [-0.1, -0.05) is 25.5 Å². The van der Waals surface area contributed by atoms with E-state index in [1.807, 2.05) is 24.3 Å². The van der Waals surface area contributed by atoms with Gasteiger partial charge in [0, 0.05) is 0 Å². The molecule has 0 bridgehead atoms. The average Bonchev–Trinajstić information content (AvgIpc) is 2.46. The summed E-state index contributed by atoms with van der Waals surface area (Å²) in [4.78, 5) is 11.7. The van der Waals surface area contributed by atoms with Gasteiger partial charge in [0.1, 0.15) is 5.75 Å². The van der Waals surface area contributed by atoms with Gasteiger partial charge in [-0.25, -0.2) is 0 Å². The molecule has 2 nitrogen and oxygen atoms in total. The fourth-order valence-electron chi connectivity index (χ4n) is 1.61. The van der Waals surface area contributed by atoms with E-state index in [0.29, 0.717) is 0 Å². The molecule has 1 aliphatic heterocycles. The summed E-state index contributed by atoms with van der Waals surface area (Å²) < 4.78 is 5.51. The molecule has 0 aliphatic carbocycles. The van der Waals surface area contributed by atoms with Gasteiger partial charge in [0.05, 0.1) is 5.56 Å². The molecule has 0 saturated carbocycles. The maximum atomic E-state index is 11.7. The zero-order valence-electron chi connectivity index (χ0n) is 7.62. The smallest absolute Gasteiger partial charge is 0.207 e. The van der Waals surface area contributed by atoms with Gasteiger partial charge in [-0.2, -0.15) is 0 Å². The minimum atomic E-state index is -0.234. The quantitative estimate of drug-likeness (QED) is 0.691. The minimum absolute atomic E-state index is 0.137. The maximum Gasteiger partial charge on any atom is 0.207 e. The highest BCUT2D eigenvalue weighted by atomic mass is 16.5. The molecule has 1 aromatic carbocycles. The Hall–Kier alpha value is -1.31. The molecular formula is C11H12O2. The summed E-state index contributed by atoms with van der Waals surface area (Å²) in [6.45, 7) is 2.06. The van der Waals surface area contributed by atoms with E-state index < -0.39 is 0 Å². The lowest BCUT2D eigenvalue weighted by atomic mass is 10.1. The van der Waals surface area contributed by atoms with Crippen molar-refractivity contribution >= 4 is 5.78 Å². The lowest BCUT2D eigenvalue weighted by molar-refractivity contribution is 0.0845. The molecular weight excluding hydrogens is 164 g/mol. The van der Waals surface area contributed by atoms with Crippen molar-refractivity contribution in [3.8, 4) is 5.75 Å². The second-order valence-corrected chi connectivity index (χ2v) is 3.26. The van der Waals surface area contributed by atoms with Gasteiger partial charge in [-0.15, -0.1) is 0 Å². The van der Waals surface area contributed by atoms with Gasteiger partial charge in [-0.05, 0) is 18.6 Å². The number of ketones is 1. The lowest BCUT2D eigenvalue weighted by Gasteiger charge is -2.06. The molecule has 1 unspecified atom stereocenters. The van der Waals surface area contributed by atoms with Crippen molar-refractivity contribution in [2.75, 3.05) is 0 Å². The van der Waals surface area contributed by atoms with E-state index in [1.54, 1.807) is 0 Å². The molecule has 2 heteroatoms. The van der Waals surface area contributed by atoms with Gasteiger partial charge in [0.25, 0.3) is 0 Å². The lowest BCUT2D eigenvalue weighted by Crippen LogP contribution is -2.19. The maximum absolute atomic E-state index is 11.7. The number of carbonyl (C=O) groups excluding carboxylic acids is 1. The molecule has 0 aromatic heterocycles. The number of fused-ring (bicyclic) bond motifs is 1. The highest BCUT2D eigenvalue weighted by Crippen LogP contribution is 2.29. The normalized spacial score (nSPS) is 19.8. The van der Waals surface area contributed by atoms with E-state index in [4.69, 9.17) is 4.74 Å². The van der Waals surface area contributed by atoms with E-state index >= 15 is 0 Å². The van der Waals surface area contributed by atoms with Crippen molar-refractivity contribution in [2.24, 2.45) is 0 Å². The Morgan fingerprint density at radius 2 is 2.15 bits per heavy atom. The summed E-state index contributed by atoms with van der Waals surface area (Å²) in [5.74, 6) is 0.878. The molecule has 0 spiro atoms. The van der Waals surface area contributed by atoms with Gasteiger partial charge in [0.15, 0.2) is 6.10 Å². The Bertz CT molecular complexity index is 331. The first-order chi connectivity index (χ1) is 6.33. The van der Waals surface area contributed by atoms with E-state index in [0.717, 1.165) is 24.2 Å². The largest absolute Gasteiger partial charge is 0.482 e. The molecule has 0 amide bonds. The summed E-state index contributed by atoms with van der Waals surface area (Å²) in [5.41, 5.74) is 0.737. The van der Waals surface area contributed by atoms with Gasteiger partial charge in [-0.3, -0.25) is 4.79 Å². The average molecular weight is 176 g/mol. The number of benzene rings is 1. The number of para-hydroxylation sites is 1. The standard InChI is InChI=1S/C11H12O2/c1-2-5-10-11(12)8-6-3-4-7-9(8)13-10/h3-4,6-7,10H,2,5H2,1H3. The van der Waals surface area contributed by atoms with Crippen LogP contribution in [-0.2, 0) is 0 Å².